The summed E-state index contributed by atoms with van der Waals surface area (Å²) >= 11 is 6.13. The Labute approximate surface area is 194 Å². The Balaban J connectivity index is 1.40. The number of aromatic hydroxyl groups is 1. The number of nitrogens with zero attached hydrogens (tertiary/aromatic N) is 1. The Kier molecular flexibility index (Phi) is 6.24. The van der Waals surface area contributed by atoms with Crippen LogP contribution in [0.1, 0.15) is 41.4 Å². The fourth-order valence-corrected chi connectivity index (χ4v) is 5.01. The van der Waals surface area contributed by atoms with Crippen molar-refractivity contribution >= 4 is 11.6 Å². The second-order valence-corrected chi connectivity index (χ2v) is 9.07. The highest BCUT2D eigenvalue weighted by molar-refractivity contribution is 6.30. The molecule has 0 aliphatic carbocycles. The highest BCUT2D eigenvalue weighted by Crippen LogP contribution is 2.47. The van der Waals surface area contributed by atoms with Gasteiger partial charge >= 0.3 is 0 Å². The minimum Gasteiger partial charge on any atom is -0.508 e. The van der Waals surface area contributed by atoms with E-state index < -0.39 is 0 Å². The predicted molar refractivity (Wildman–Crippen MR) is 127 cm³/mol. The van der Waals surface area contributed by atoms with Crippen LogP contribution in [-0.2, 0) is 0 Å². The molecule has 2 atom stereocenters. The topological polar surface area (TPSA) is 41.9 Å². The third-order valence-corrected chi connectivity index (χ3v) is 6.81. The number of rotatable bonds is 6. The molecule has 0 saturated carbocycles. The summed E-state index contributed by atoms with van der Waals surface area (Å²) in [4.78, 5) is 2.45. The van der Waals surface area contributed by atoms with Crippen molar-refractivity contribution in [3.05, 3.63) is 88.4 Å². The lowest BCUT2D eigenvalue weighted by atomic mass is 9.76. The summed E-state index contributed by atoms with van der Waals surface area (Å²) in [5.74, 6) is 2.13. The van der Waals surface area contributed by atoms with Gasteiger partial charge in [0.1, 0.15) is 23.9 Å². The fourth-order valence-electron chi connectivity index (χ4n) is 4.88. The van der Waals surface area contributed by atoms with Gasteiger partial charge in [-0.2, -0.15) is 0 Å². The van der Waals surface area contributed by atoms with Gasteiger partial charge in [-0.1, -0.05) is 35.9 Å². The molecular formula is C27H28ClNO3. The Bertz CT molecular complexity index is 1050. The predicted octanol–water partition coefficient (Wildman–Crippen LogP) is 5.83. The Morgan fingerprint density at radius 2 is 1.66 bits per heavy atom. The molecule has 1 fully saturated rings. The van der Waals surface area contributed by atoms with Gasteiger partial charge in [0.2, 0.25) is 0 Å². The molecule has 0 unspecified atom stereocenters. The molecule has 1 N–H and O–H groups in total. The van der Waals surface area contributed by atoms with Crippen molar-refractivity contribution < 1.29 is 14.6 Å². The summed E-state index contributed by atoms with van der Waals surface area (Å²) in [6.07, 6.45) is 2.59. The van der Waals surface area contributed by atoms with E-state index in [4.69, 9.17) is 21.1 Å². The van der Waals surface area contributed by atoms with E-state index in [9.17, 15) is 5.11 Å². The van der Waals surface area contributed by atoms with Crippen LogP contribution in [0, 0.1) is 0 Å². The van der Waals surface area contributed by atoms with Crippen LogP contribution >= 0.6 is 11.6 Å². The molecule has 3 aromatic carbocycles. The zero-order chi connectivity index (χ0) is 21.9. The van der Waals surface area contributed by atoms with Crippen molar-refractivity contribution in [2.75, 3.05) is 32.8 Å². The normalized spacial score (nSPS) is 20.5. The second-order valence-electron chi connectivity index (χ2n) is 8.64. The molecule has 2 heterocycles. The van der Waals surface area contributed by atoms with Crippen LogP contribution in [0.4, 0.5) is 0 Å². The van der Waals surface area contributed by atoms with Crippen molar-refractivity contribution in [2.24, 2.45) is 0 Å². The first kappa shape index (κ1) is 21.2. The number of benzene rings is 3. The molecular weight excluding hydrogens is 422 g/mol. The van der Waals surface area contributed by atoms with Gasteiger partial charge in [-0.05, 0) is 79.5 Å². The fraction of sp³-hybridized carbons (Fsp3) is 0.333. The van der Waals surface area contributed by atoms with Crippen molar-refractivity contribution in [3.8, 4) is 17.2 Å². The monoisotopic (exact) mass is 449 g/mol. The molecule has 0 amide bonds. The maximum atomic E-state index is 10.2. The largest absolute Gasteiger partial charge is 0.508 e. The number of phenols is 1. The number of ether oxygens (including phenoxy) is 2. The maximum absolute atomic E-state index is 10.2. The Hall–Kier alpha value is -2.69. The zero-order valence-electron chi connectivity index (χ0n) is 18.0. The van der Waals surface area contributed by atoms with Crippen molar-refractivity contribution in [3.63, 3.8) is 0 Å². The van der Waals surface area contributed by atoms with Crippen LogP contribution in [0.2, 0.25) is 5.02 Å². The van der Waals surface area contributed by atoms with E-state index in [-0.39, 0.29) is 17.6 Å². The van der Waals surface area contributed by atoms with E-state index >= 15 is 0 Å². The first-order valence-corrected chi connectivity index (χ1v) is 11.7. The maximum Gasteiger partial charge on any atom is 0.123 e. The van der Waals surface area contributed by atoms with E-state index in [1.54, 1.807) is 6.07 Å². The molecule has 0 bridgehead atoms. The highest BCUT2D eigenvalue weighted by atomic mass is 35.5. The van der Waals surface area contributed by atoms with Crippen LogP contribution in [0.15, 0.2) is 66.7 Å². The summed E-state index contributed by atoms with van der Waals surface area (Å²) in [7, 11) is 0. The zero-order valence-corrected chi connectivity index (χ0v) is 18.8. The summed E-state index contributed by atoms with van der Waals surface area (Å²) < 4.78 is 12.1. The molecule has 3 aromatic rings. The van der Waals surface area contributed by atoms with Gasteiger partial charge in [-0.25, -0.2) is 0 Å². The average molecular weight is 450 g/mol. The molecule has 1 saturated heterocycles. The van der Waals surface area contributed by atoms with Gasteiger partial charge < -0.3 is 14.6 Å². The molecule has 166 valence electrons. The molecule has 0 spiro atoms. The van der Waals surface area contributed by atoms with Gasteiger partial charge in [0.25, 0.3) is 0 Å². The van der Waals surface area contributed by atoms with E-state index in [1.807, 2.05) is 24.3 Å². The lowest BCUT2D eigenvalue weighted by Gasteiger charge is -2.34. The number of halogens is 1. The van der Waals surface area contributed by atoms with E-state index in [0.29, 0.717) is 13.2 Å². The average Bonchev–Trinajstić information content (AvgIpc) is 3.33. The quantitative estimate of drug-likeness (QED) is 0.514. The van der Waals surface area contributed by atoms with Crippen LogP contribution in [0.25, 0.3) is 0 Å². The van der Waals surface area contributed by atoms with Gasteiger partial charge in [0.15, 0.2) is 0 Å². The number of likely N-dealkylation sites (tertiary alicyclic amines) is 1. The minimum atomic E-state index is 0.0608. The Morgan fingerprint density at radius 3 is 2.41 bits per heavy atom. The smallest absolute Gasteiger partial charge is 0.123 e. The highest BCUT2D eigenvalue weighted by Gasteiger charge is 2.33. The first-order chi connectivity index (χ1) is 15.7. The minimum absolute atomic E-state index is 0.0608. The van der Waals surface area contributed by atoms with Gasteiger partial charge in [0.05, 0.1) is 6.61 Å². The standard InChI is InChI=1S/C27H28ClNO3/c28-21-7-3-19(4-8-21)25-18-32-26-12-9-22(30)17-24(26)27(25)20-5-10-23(11-6-20)31-16-15-29-13-1-2-14-29/h3-12,17,25,27,30H,1-2,13-16,18H2/t25-,27-/m0/s1. The van der Waals surface area contributed by atoms with Crippen molar-refractivity contribution in [2.45, 2.75) is 24.7 Å². The summed E-state index contributed by atoms with van der Waals surface area (Å²) in [6, 6.07) is 21.7. The van der Waals surface area contributed by atoms with Crippen LogP contribution in [0.5, 0.6) is 17.2 Å². The lowest BCUT2D eigenvalue weighted by Crippen LogP contribution is -2.25. The van der Waals surface area contributed by atoms with Crippen molar-refractivity contribution in [1.29, 1.82) is 0 Å². The number of hydrogen-bond donors (Lipinski definition) is 1. The number of fused-ring (bicyclic) bond motifs is 1. The molecule has 2 aliphatic heterocycles. The molecule has 2 aliphatic rings. The molecule has 5 heteroatoms. The Morgan fingerprint density at radius 1 is 0.938 bits per heavy atom. The molecule has 5 rings (SSSR count). The van der Waals surface area contributed by atoms with Crippen LogP contribution in [-0.4, -0.2) is 42.9 Å². The van der Waals surface area contributed by atoms with Crippen molar-refractivity contribution in [1.82, 2.24) is 4.90 Å². The first-order valence-electron chi connectivity index (χ1n) is 11.3. The van der Waals surface area contributed by atoms with Gasteiger partial charge in [-0.3, -0.25) is 4.90 Å². The molecule has 0 radical (unpaired) electrons. The lowest BCUT2D eigenvalue weighted by molar-refractivity contribution is 0.237. The second kappa shape index (κ2) is 9.43. The van der Waals surface area contributed by atoms with Crippen LogP contribution in [0.3, 0.4) is 0 Å². The third kappa shape index (κ3) is 4.57. The summed E-state index contributed by atoms with van der Waals surface area (Å²) in [5.41, 5.74) is 3.34. The van der Waals surface area contributed by atoms with Gasteiger partial charge in [-0.15, -0.1) is 0 Å². The summed E-state index contributed by atoms with van der Waals surface area (Å²) in [5, 5.41) is 10.9. The molecule has 4 nitrogen and oxygen atoms in total. The van der Waals surface area contributed by atoms with Crippen LogP contribution < -0.4 is 9.47 Å². The summed E-state index contributed by atoms with van der Waals surface area (Å²) in [6.45, 7) is 4.63. The molecule has 32 heavy (non-hydrogen) atoms. The molecule has 0 aromatic heterocycles. The SMILES string of the molecule is Oc1ccc2c(c1)[C@H](c1ccc(OCCN3CCCC3)cc1)[C@H](c1ccc(Cl)cc1)CO2. The van der Waals surface area contributed by atoms with E-state index in [0.717, 1.165) is 28.6 Å². The third-order valence-electron chi connectivity index (χ3n) is 6.56. The van der Waals surface area contributed by atoms with Gasteiger partial charge in [0, 0.05) is 29.0 Å². The number of hydrogen-bond acceptors (Lipinski definition) is 4. The number of phenolic OH excluding ortho intramolecular Hbond substituents is 1. The van der Waals surface area contributed by atoms with E-state index in [1.165, 1.54) is 37.1 Å². The van der Waals surface area contributed by atoms with E-state index in [2.05, 4.69) is 41.3 Å².